The first-order valence-corrected chi connectivity index (χ1v) is 8.15. The molecule has 0 radical (unpaired) electrons. The van der Waals surface area contributed by atoms with Crippen molar-refractivity contribution in [3.8, 4) is 6.07 Å². The van der Waals surface area contributed by atoms with Crippen LogP contribution >= 0.6 is 11.6 Å². The van der Waals surface area contributed by atoms with E-state index in [1.165, 1.54) is 12.1 Å². The monoisotopic (exact) mass is 356 g/mol. The summed E-state index contributed by atoms with van der Waals surface area (Å²) in [5, 5.41) is 12.2. The van der Waals surface area contributed by atoms with Crippen molar-refractivity contribution < 1.29 is 9.18 Å². The average Bonchev–Trinajstić information content (AvgIpc) is 2.58. The number of nitrogens with one attached hydrogen (secondary N) is 1. The van der Waals surface area contributed by atoms with Crippen LogP contribution in [0.25, 0.3) is 6.08 Å². The molecule has 0 aliphatic carbocycles. The highest BCUT2D eigenvalue weighted by Crippen LogP contribution is 2.25. The van der Waals surface area contributed by atoms with E-state index in [1.54, 1.807) is 13.0 Å². The van der Waals surface area contributed by atoms with Gasteiger partial charge in [-0.25, -0.2) is 4.39 Å². The van der Waals surface area contributed by atoms with Crippen LogP contribution in [0.3, 0.4) is 0 Å². The lowest BCUT2D eigenvalue weighted by molar-refractivity contribution is -0.117. The minimum absolute atomic E-state index is 0.0388. The van der Waals surface area contributed by atoms with Crippen LogP contribution in [0.5, 0.6) is 0 Å². The minimum atomic E-state index is -0.574. The Hall–Kier alpha value is -2.64. The third-order valence-electron chi connectivity index (χ3n) is 3.98. The van der Waals surface area contributed by atoms with Gasteiger partial charge in [0, 0.05) is 5.56 Å². The van der Waals surface area contributed by atoms with Crippen LogP contribution in [0.2, 0.25) is 5.02 Å². The molecule has 0 fully saturated rings. The van der Waals surface area contributed by atoms with Crippen LogP contribution in [0.4, 0.5) is 4.39 Å². The van der Waals surface area contributed by atoms with Crippen molar-refractivity contribution in [2.45, 2.75) is 26.8 Å². The third-order valence-corrected chi connectivity index (χ3v) is 4.31. The van der Waals surface area contributed by atoms with Crippen molar-refractivity contribution in [3.05, 3.63) is 75.1 Å². The second-order valence-electron chi connectivity index (χ2n) is 5.81. The molecule has 0 saturated heterocycles. The normalized spacial score (nSPS) is 12.4. The Kier molecular flexibility index (Phi) is 5.95. The summed E-state index contributed by atoms with van der Waals surface area (Å²) in [6.45, 7) is 5.37. The highest BCUT2D eigenvalue weighted by atomic mass is 35.5. The fourth-order valence-corrected chi connectivity index (χ4v) is 2.73. The van der Waals surface area contributed by atoms with Gasteiger partial charge in [-0.05, 0) is 49.6 Å². The molecule has 0 heterocycles. The van der Waals surface area contributed by atoms with Gasteiger partial charge in [0.2, 0.25) is 0 Å². The number of aryl methyl sites for hydroxylation is 2. The lowest BCUT2D eigenvalue weighted by Crippen LogP contribution is -2.28. The lowest BCUT2D eigenvalue weighted by atomic mass is 10.0. The van der Waals surface area contributed by atoms with E-state index in [9.17, 15) is 14.4 Å². The molecule has 0 bridgehead atoms. The molecule has 2 rings (SSSR count). The molecule has 2 aromatic carbocycles. The molecule has 1 N–H and O–H groups in total. The van der Waals surface area contributed by atoms with Crippen LogP contribution in [0, 0.1) is 31.0 Å². The Bertz CT molecular complexity index is 884. The number of nitriles is 1. The van der Waals surface area contributed by atoms with Crippen LogP contribution in [0.15, 0.2) is 42.0 Å². The van der Waals surface area contributed by atoms with E-state index in [4.69, 9.17) is 11.6 Å². The summed E-state index contributed by atoms with van der Waals surface area (Å²) in [6.07, 6.45) is 1.19. The van der Waals surface area contributed by atoms with Crippen LogP contribution in [0.1, 0.15) is 35.2 Å². The van der Waals surface area contributed by atoms with E-state index >= 15 is 0 Å². The predicted molar refractivity (Wildman–Crippen MR) is 97.5 cm³/mol. The molecule has 25 heavy (non-hydrogen) atoms. The molecule has 0 aromatic heterocycles. The molecule has 1 atom stereocenters. The summed E-state index contributed by atoms with van der Waals surface area (Å²) in [7, 11) is 0. The molecule has 5 heteroatoms. The molecule has 0 spiro atoms. The first kappa shape index (κ1) is 18.7. The predicted octanol–water partition coefficient (Wildman–Crippen LogP) is 4.88. The Morgan fingerprint density at radius 1 is 1.24 bits per heavy atom. The van der Waals surface area contributed by atoms with Crippen molar-refractivity contribution >= 4 is 23.6 Å². The van der Waals surface area contributed by atoms with E-state index < -0.39 is 11.7 Å². The molecule has 128 valence electrons. The zero-order valence-corrected chi connectivity index (χ0v) is 15.0. The number of rotatable bonds is 4. The third kappa shape index (κ3) is 4.26. The smallest absolute Gasteiger partial charge is 0.262 e. The van der Waals surface area contributed by atoms with Crippen molar-refractivity contribution in [2.75, 3.05) is 0 Å². The maximum absolute atomic E-state index is 14.2. The number of hydrogen-bond acceptors (Lipinski definition) is 2. The van der Waals surface area contributed by atoms with Gasteiger partial charge >= 0.3 is 0 Å². The maximum atomic E-state index is 14.2. The maximum Gasteiger partial charge on any atom is 0.262 e. The molecule has 0 aliphatic rings. The van der Waals surface area contributed by atoms with E-state index in [-0.39, 0.29) is 22.2 Å². The van der Waals surface area contributed by atoms with Crippen LogP contribution in [-0.4, -0.2) is 5.91 Å². The molecular formula is C20H18ClFN2O. The number of halogens is 2. The Balaban J connectivity index is 2.30. The molecular weight excluding hydrogens is 339 g/mol. The first-order chi connectivity index (χ1) is 11.8. The highest BCUT2D eigenvalue weighted by Gasteiger charge is 2.17. The number of amides is 1. The summed E-state index contributed by atoms with van der Waals surface area (Å²) in [5.74, 6) is -1.12. The zero-order chi connectivity index (χ0) is 18.6. The molecule has 0 saturated carbocycles. The van der Waals surface area contributed by atoms with Crippen molar-refractivity contribution in [1.29, 1.82) is 5.26 Å². The molecule has 3 nitrogen and oxygen atoms in total. The topological polar surface area (TPSA) is 52.9 Å². The van der Waals surface area contributed by atoms with Gasteiger partial charge in [-0.2, -0.15) is 5.26 Å². The summed E-state index contributed by atoms with van der Waals surface area (Å²) in [5.41, 5.74) is 2.21. The highest BCUT2D eigenvalue weighted by molar-refractivity contribution is 6.32. The summed E-state index contributed by atoms with van der Waals surface area (Å²) >= 11 is 6.00. The van der Waals surface area contributed by atoms with E-state index in [0.717, 1.165) is 11.1 Å². The Labute approximate surface area is 151 Å². The average molecular weight is 357 g/mol. The van der Waals surface area contributed by atoms with E-state index in [2.05, 4.69) is 5.32 Å². The first-order valence-electron chi connectivity index (χ1n) is 7.78. The number of carbonyl (C=O) groups is 1. The zero-order valence-electron chi connectivity index (χ0n) is 14.2. The van der Waals surface area contributed by atoms with E-state index in [0.29, 0.717) is 5.56 Å². The summed E-state index contributed by atoms with van der Waals surface area (Å²) in [6, 6.07) is 12.3. The van der Waals surface area contributed by atoms with Crippen molar-refractivity contribution in [1.82, 2.24) is 5.32 Å². The van der Waals surface area contributed by atoms with Gasteiger partial charge < -0.3 is 5.32 Å². The lowest BCUT2D eigenvalue weighted by Gasteiger charge is -2.16. The largest absolute Gasteiger partial charge is 0.345 e. The second kappa shape index (κ2) is 7.96. The number of nitrogens with zero attached hydrogens (tertiary/aromatic N) is 1. The molecule has 0 unspecified atom stereocenters. The quantitative estimate of drug-likeness (QED) is 0.627. The molecule has 1 amide bonds. The fraction of sp³-hybridized carbons (Fsp3) is 0.200. The summed E-state index contributed by atoms with van der Waals surface area (Å²) in [4.78, 5) is 12.4. The van der Waals surface area contributed by atoms with Gasteiger partial charge in [0.25, 0.3) is 5.91 Å². The Morgan fingerprint density at radius 3 is 2.56 bits per heavy atom. The minimum Gasteiger partial charge on any atom is -0.345 e. The summed E-state index contributed by atoms with van der Waals surface area (Å²) < 4.78 is 14.2. The molecule has 2 aromatic rings. The van der Waals surface area contributed by atoms with Gasteiger partial charge in [-0.1, -0.05) is 41.9 Å². The van der Waals surface area contributed by atoms with Crippen LogP contribution < -0.4 is 5.32 Å². The van der Waals surface area contributed by atoms with Crippen molar-refractivity contribution in [2.24, 2.45) is 0 Å². The Morgan fingerprint density at radius 2 is 1.92 bits per heavy atom. The second-order valence-corrected chi connectivity index (χ2v) is 6.22. The van der Waals surface area contributed by atoms with Crippen molar-refractivity contribution in [3.63, 3.8) is 0 Å². The van der Waals surface area contributed by atoms with Crippen LogP contribution in [-0.2, 0) is 4.79 Å². The molecule has 0 aliphatic heterocycles. The fourth-order valence-electron chi connectivity index (χ4n) is 2.53. The standard InChI is InChI=1S/C20H18ClFN2O/c1-12-6-4-5-7-16(12)14(3)24-20(25)15(11-23)10-17-18(21)9-8-13(2)19(17)22/h4-10,14H,1-3H3,(H,24,25)/b15-10+/t14-/m0/s1. The van der Waals surface area contributed by atoms with E-state index in [1.807, 2.05) is 44.2 Å². The number of hydrogen-bond donors (Lipinski definition) is 1. The van der Waals surface area contributed by atoms with Gasteiger partial charge in [-0.3, -0.25) is 4.79 Å². The van der Waals surface area contributed by atoms with Gasteiger partial charge in [-0.15, -0.1) is 0 Å². The van der Waals surface area contributed by atoms with Gasteiger partial charge in [0.05, 0.1) is 11.1 Å². The SMILES string of the molecule is Cc1ccccc1[C@H](C)NC(=O)/C(C#N)=C/c1c(Cl)ccc(C)c1F. The van der Waals surface area contributed by atoms with Gasteiger partial charge in [0.1, 0.15) is 17.5 Å². The van der Waals surface area contributed by atoms with Gasteiger partial charge in [0.15, 0.2) is 0 Å². The number of carbonyl (C=O) groups excluding carboxylic acids is 1. The number of benzene rings is 2.